The Kier molecular flexibility index (Phi) is 5.77. The van der Waals surface area contributed by atoms with Gasteiger partial charge in [-0.05, 0) is 40.2 Å². The number of carbonyl (C=O) groups is 1. The zero-order chi connectivity index (χ0) is 12.0. The average Bonchev–Trinajstić information content (AvgIpc) is 2.29. The van der Waals surface area contributed by atoms with Gasteiger partial charge in [0.1, 0.15) is 6.61 Å². The second-order valence-electron chi connectivity index (χ2n) is 4.54. The van der Waals surface area contributed by atoms with E-state index in [0.717, 1.165) is 32.5 Å². The van der Waals surface area contributed by atoms with E-state index in [9.17, 15) is 4.79 Å². The van der Waals surface area contributed by atoms with E-state index in [1.165, 1.54) is 0 Å². The van der Waals surface area contributed by atoms with Crippen LogP contribution in [-0.4, -0.2) is 49.2 Å². The van der Waals surface area contributed by atoms with Crippen LogP contribution in [0.25, 0.3) is 0 Å². The van der Waals surface area contributed by atoms with Crippen molar-refractivity contribution in [1.29, 1.82) is 0 Å². The van der Waals surface area contributed by atoms with Gasteiger partial charge in [0.05, 0.1) is 6.10 Å². The van der Waals surface area contributed by atoms with Crippen molar-refractivity contribution in [1.82, 2.24) is 10.2 Å². The first-order valence-electron chi connectivity index (χ1n) is 6.27. The SMILES string of the molecule is CCN(C(=O)COC(C)C)C1CCCNC1. The van der Waals surface area contributed by atoms with Crippen LogP contribution in [0.1, 0.15) is 33.6 Å². The topological polar surface area (TPSA) is 41.6 Å². The van der Waals surface area contributed by atoms with Gasteiger partial charge in [0, 0.05) is 19.1 Å². The monoisotopic (exact) mass is 228 g/mol. The summed E-state index contributed by atoms with van der Waals surface area (Å²) in [5.74, 6) is 0.116. The molecule has 0 aromatic carbocycles. The van der Waals surface area contributed by atoms with Gasteiger partial charge in [0.2, 0.25) is 5.91 Å². The lowest BCUT2D eigenvalue weighted by Crippen LogP contribution is -2.49. The van der Waals surface area contributed by atoms with Crippen molar-refractivity contribution in [3.05, 3.63) is 0 Å². The van der Waals surface area contributed by atoms with E-state index in [1.807, 2.05) is 25.7 Å². The third-order valence-electron chi connectivity index (χ3n) is 2.91. The molecular weight excluding hydrogens is 204 g/mol. The summed E-state index contributed by atoms with van der Waals surface area (Å²) >= 11 is 0. The molecule has 1 heterocycles. The largest absolute Gasteiger partial charge is 0.369 e. The number of hydrogen-bond donors (Lipinski definition) is 1. The summed E-state index contributed by atoms with van der Waals surface area (Å²) in [5.41, 5.74) is 0. The summed E-state index contributed by atoms with van der Waals surface area (Å²) in [6, 6.07) is 0.349. The van der Waals surface area contributed by atoms with E-state index in [-0.39, 0.29) is 18.6 Å². The van der Waals surface area contributed by atoms with Crippen LogP contribution >= 0.6 is 0 Å². The quantitative estimate of drug-likeness (QED) is 0.763. The molecule has 0 aromatic rings. The van der Waals surface area contributed by atoms with Gasteiger partial charge in [-0.2, -0.15) is 0 Å². The number of hydrogen-bond acceptors (Lipinski definition) is 3. The maximum Gasteiger partial charge on any atom is 0.248 e. The molecule has 1 atom stereocenters. The molecule has 0 aromatic heterocycles. The molecule has 4 nitrogen and oxygen atoms in total. The highest BCUT2D eigenvalue weighted by molar-refractivity contribution is 5.77. The molecule has 0 bridgehead atoms. The number of ether oxygens (including phenoxy) is 1. The normalized spacial score (nSPS) is 21.1. The summed E-state index contributed by atoms with van der Waals surface area (Å²) < 4.78 is 5.37. The summed E-state index contributed by atoms with van der Waals surface area (Å²) in [6.45, 7) is 8.90. The number of amides is 1. The van der Waals surface area contributed by atoms with Gasteiger partial charge in [0.15, 0.2) is 0 Å². The third kappa shape index (κ3) is 4.10. The fourth-order valence-corrected chi connectivity index (χ4v) is 2.06. The van der Waals surface area contributed by atoms with Gasteiger partial charge < -0.3 is 15.0 Å². The van der Waals surface area contributed by atoms with Crippen LogP contribution < -0.4 is 5.32 Å². The molecule has 1 rings (SSSR count). The number of carbonyl (C=O) groups excluding carboxylic acids is 1. The maximum absolute atomic E-state index is 12.0. The molecular formula is C12H24N2O2. The summed E-state index contributed by atoms with van der Waals surface area (Å²) in [7, 11) is 0. The van der Waals surface area contributed by atoms with Crippen LogP contribution in [-0.2, 0) is 9.53 Å². The maximum atomic E-state index is 12.0. The summed E-state index contributed by atoms with van der Waals surface area (Å²) in [4.78, 5) is 13.9. The lowest BCUT2D eigenvalue weighted by atomic mass is 10.1. The first kappa shape index (κ1) is 13.5. The molecule has 1 fully saturated rings. The smallest absolute Gasteiger partial charge is 0.248 e. The first-order valence-corrected chi connectivity index (χ1v) is 6.27. The Morgan fingerprint density at radius 1 is 1.56 bits per heavy atom. The molecule has 0 radical (unpaired) electrons. The highest BCUT2D eigenvalue weighted by Crippen LogP contribution is 2.10. The fraction of sp³-hybridized carbons (Fsp3) is 0.917. The number of likely N-dealkylation sites (N-methyl/N-ethyl adjacent to an activating group) is 1. The lowest BCUT2D eigenvalue weighted by molar-refractivity contribution is -0.140. The molecule has 1 aliphatic rings. The fourth-order valence-electron chi connectivity index (χ4n) is 2.06. The third-order valence-corrected chi connectivity index (χ3v) is 2.91. The highest BCUT2D eigenvalue weighted by atomic mass is 16.5. The van der Waals surface area contributed by atoms with Gasteiger partial charge in [-0.1, -0.05) is 0 Å². The van der Waals surface area contributed by atoms with Gasteiger partial charge in [-0.25, -0.2) is 0 Å². The molecule has 1 aliphatic heterocycles. The molecule has 1 unspecified atom stereocenters. The number of piperidine rings is 1. The van der Waals surface area contributed by atoms with Gasteiger partial charge in [0.25, 0.3) is 0 Å². The molecule has 0 saturated carbocycles. The van der Waals surface area contributed by atoms with E-state index in [2.05, 4.69) is 5.32 Å². The molecule has 0 aliphatic carbocycles. The van der Waals surface area contributed by atoms with Crippen LogP contribution in [0.5, 0.6) is 0 Å². The molecule has 0 spiro atoms. The second kappa shape index (κ2) is 6.86. The number of nitrogens with zero attached hydrogens (tertiary/aromatic N) is 1. The van der Waals surface area contributed by atoms with E-state index in [1.54, 1.807) is 0 Å². The van der Waals surface area contributed by atoms with Gasteiger partial charge in [-0.15, -0.1) is 0 Å². The molecule has 1 amide bonds. The Morgan fingerprint density at radius 3 is 2.81 bits per heavy atom. The van der Waals surface area contributed by atoms with Crippen molar-refractivity contribution in [2.75, 3.05) is 26.2 Å². The highest BCUT2D eigenvalue weighted by Gasteiger charge is 2.23. The summed E-state index contributed by atoms with van der Waals surface area (Å²) in [5, 5.41) is 3.33. The van der Waals surface area contributed by atoms with Crippen molar-refractivity contribution >= 4 is 5.91 Å². The zero-order valence-corrected chi connectivity index (χ0v) is 10.7. The standard InChI is InChI=1S/C12H24N2O2/c1-4-14(11-6-5-7-13-8-11)12(15)9-16-10(2)3/h10-11,13H,4-9H2,1-3H3. The summed E-state index contributed by atoms with van der Waals surface area (Å²) in [6.07, 6.45) is 2.38. The van der Waals surface area contributed by atoms with Crippen LogP contribution in [0.15, 0.2) is 0 Å². The van der Waals surface area contributed by atoms with Crippen LogP contribution in [0.2, 0.25) is 0 Å². The van der Waals surface area contributed by atoms with Crippen molar-refractivity contribution in [3.63, 3.8) is 0 Å². The van der Waals surface area contributed by atoms with Crippen LogP contribution in [0.4, 0.5) is 0 Å². The second-order valence-corrected chi connectivity index (χ2v) is 4.54. The minimum absolute atomic E-state index is 0.116. The predicted octanol–water partition coefficient (Wildman–Crippen LogP) is 1.01. The molecule has 1 saturated heterocycles. The minimum Gasteiger partial charge on any atom is -0.369 e. The van der Waals surface area contributed by atoms with Crippen molar-refractivity contribution in [3.8, 4) is 0 Å². The van der Waals surface area contributed by atoms with E-state index in [0.29, 0.717) is 6.04 Å². The molecule has 16 heavy (non-hydrogen) atoms. The zero-order valence-electron chi connectivity index (χ0n) is 10.7. The Balaban J connectivity index is 2.41. The van der Waals surface area contributed by atoms with E-state index >= 15 is 0 Å². The Morgan fingerprint density at radius 2 is 2.31 bits per heavy atom. The average molecular weight is 228 g/mol. The van der Waals surface area contributed by atoms with Crippen molar-refractivity contribution in [2.45, 2.75) is 45.8 Å². The molecule has 94 valence electrons. The number of rotatable bonds is 5. The van der Waals surface area contributed by atoms with Crippen molar-refractivity contribution in [2.24, 2.45) is 0 Å². The van der Waals surface area contributed by atoms with Crippen LogP contribution in [0.3, 0.4) is 0 Å². The number of nitrogens with one attached hydrogen (secondary N) is 1. The molecule has 4 heteroatoms. The van der Waals surface area contributed by atoms with Gasteiger partial charge >= 0.3 is 0 Å². The Bertz CT molecular complexity index is 213. The molecule has 1 N–H and O–H groups in total. The predicted molar refractivity (Wildman–Crippen MR) is 64.4 cm³/mol. The van der Waals surface area contributed by atoms with E-state index in [4.69, 9.17) is 4.74 Å². The minimum atomic E-state index is 0.116. The first-order chi connectivity index (χ1) is 7.65. The Hall–Kier alpha value is -0.610. The Labute approximate surface area is 98.3 Å². The lowest BCUT2D eigenvalue weighted by Gasteiger charge is -2.34. The van der Waals surface area contributed by atoms with Crippen molar-refractivity contribution < 1.29 is 9.53 Å². The van der Waals surface area contributed by atoms with Crippen LogP contribution in [0, 0.1) is 0 Å². The van der Waals surface area contributed by atoms with Gasteiger partial charge in [-0.3, -0.25) is 4.79 Å². The van der Waals surface area contributed by atoms with E-state index < -0.39 is 0 Å².